The van der Waals surface area contributed by atoms with Gasteiger partial charge in [0.1, 0.15) is 11.6 Å². The number of halogens is 1. The normalized spacial score (nSPS) is 11.4. The SMILES string of the molecule is CCCCCC(=O)N(CC)CC(=O)Nc1cc(C(C)(C)C)nn1-c1ccc(F)cc1. The Kier molecular flexibility index (Phi) is 8.15. The average Bonchev–Trinajstić information content (AvgIpc) is 3.11. The predicted molar refractivity (Wildman–Crippen MR) is 117 cm³/mol. The predicted octanol–water partition coefficient (Wildman–Crippen LogP) is 4.68. The van der Waals surface area contributed by atoms with Crippen LogP contribution in [0.5, 0.6) is 0 Å². The summed E-state index contributed by atoms with van der Waals surface area (Å²) in [5, 5.41) is 7.49. The van der Waals surface area contributed by atoms with Gasteiger partial charge in [0.05, 0.1) is 17.9 Å². The van der Waals surface area contributed by atoms with Crippen LogP contribution in [0.1, 0.15) is 66.0 Å². The van der Waals surface area contributed by atoms with Crippen molar-refractivity contribution in [1.29, 1.82) is 0 Å². The van der Waals surface area contributed by atoms with Gasteiger partial charge in [0.15, 0.2) is 0 Å². The summed E-state index contributed by atoms with van der Waals surface area (Å²) in [6.45, 7) is 10.5. The minimum atomic E-state index is -0.340. The summed E-state index contributed by atoms with van der Waals surface area (Å²) in [5.74, 6) is -0.147. The molecule has 0 aliphatic carbocycles. The third-order valence-corrected chi connectivity index (χ3v) is 4.88. The minimum absolute atomic E-state index is 0.0106. The second-order valence-corrected chi connectivity index (χ2v) is 8.47. The van der Waals surface area contributed by atoms with Crippen LogP contribution in [-0.4, -0.2) is 39.6 Å². The number of anilines is 1. The molecule has 0 atom stereocenters. The van der Waals surface area contributed by atoms with E-state index >= 15 is 0 Å². The zero-order chi connectivity index (χ0) is 22.3. The van der Waals surface area contributed by atoms with E-state index in [4.69, 9.17) is 0 Å². The maximum absolute atomic E-state index is 13.3. The van der Waals surface area contributed by atoms with Gasteiger partial charge in [-0.3, -0.25) is 9.59 Å². The number of carbonyl (C=O) groups excluding carboxylic acids is 2. The highest BCUT2D eigenvalue weighted by atomic mass is 19.1. The number of likely N-dealkylation sites (N-methyl/N-ethyl adjacent to an activating group) is 1. The highest BCUT2D eigenvalue weighted by Crippen LogP contribution is 2.26. The minimum Gasteiger partial charge on any atom is -0.334 e. The second kappa shape index (κ2) is 10.4. The fourth-order valence-corrected chi connectivity index (χ4v) is 3.03. The molecule has 2 aromatic rings. The van der Waals surface area contributed by atoms with Gasteiger partial charge in [-0.25, -0.2) is 9.07 Å². The molecule has 1 N–H and O–H groups in total. The zero-order valence-electron chi connectivity index (χ0n) is 18.7. The molecule has 0 bridgehead atoms. The Morgan fingerprint density at radius 2 is 1.80 bits per heavy atom. The number of unbranched alkanes of at least 4 members (excludes halogenated alkanes) is 2. The molecule has 2 amide bonds. The van der Waals surface area contributed by atoms with E-state index in [-0.39, 0.29) is 29.6 Å². The van der Waals surface area contributed by atoms with Crippen LogP contribution in [0.4, 0.5) is 10.2 Å². The summed E-state index contributed by atoms with van der Waals surface area (Å²) in [4.78, 5) is 26.7. The van der Waals surface area contributed by atoms with Crippen LogP contribution in [0.15, 0.2) is 30.3 Å². The Morgan fingerprint density at radius 3 is 2.37 bits per heavy atom. The van der Waals surface area contributed by atoms with Crippen molar-refractivity contribution >= 4 is 17.6 Å². The first-order valence-corrected chi connectivity index (χ1v) is 10.6. The summed E-state index contributed by atoms with van der Waals surface area (Å²) >= 11 is 0. The lowest BCUT2D eigenvalue weighted by Crippen LogP contribution is -2.38. The standard InChI is InChI=1S/C23H33FN4O2/c1-6-8-9-10-22(30)27(7-2)16-21(29)25-20-15-19(23(3,4)5)26-28(20)18-13-11-17(24)12-14-18/h11-15H,6-10,16H2,1-5H3,(H,25,29). The molecular weight excluding hydrogens is 383 g/mol. The molecule has 0 saturated carbocycles. The van der Waals surface area contributed by atoms with Crippen molar-refractivity contribution in [2.24, 2.45) is 0 Å². The molecule has 0 unspecified atom stereocenters. The van der Waals surface area contributed by atoms with E-state index in [1.807, 2.05) is 33.8 Å². The van der Waals surface area contributed by atoms with E-state index in [1.54, 1.807) is 21.7 Å². The van der Waals surface area contributed by atoms with Crippen LogP contribution in [0, 0.1) is 5.82 Å². The fourth-order valence-electron chi connectivity index (χ4n) is 3.03. The molecule has 2 rings (SSSR count). The highest BCUT2D eigenvalue weighted by Gasteiger charge is 2.22. The van der Waals surface area contributed by atoms with Gasteiger partial charge in [-0.2, -0.15) is 5.10 Å². The average molecular weight is 417 g/mol. The molecule has 1 aromatic heterocycles. The van der Waals surface area contributed by atoms with Crippen molar-refractivity contribution in [2.75, 3.05) is 18.4 Å². The number of hydrogen-bond donors (Lipinski definition) is 1. The van der Waals surface area contributed by atoms with Crippen LogP contribution in [0.2, 0.25) is 0 Å². The zero-order valence-corrected chi connectivity index (χ0v) is 18.7. The van der Waals surface area contributed by atoms with Gasteiger partial charge >= 0.3 is 0 Å². The Labute approximate surface area is 178 Å². The van der Waals surface area contributed by atoms with Gasteiger partial charge in [0, 0.05) is 24.4 Å². The lowest BCUT2D eigenvalue weighted by Gasteiger charge is -2.20. The number of benzene rings is 1. The molecular formula is C23H33FN4O2. The molecule has 0 aliphatic heterocycles. The van der Waals surface area contributed by atoms with Crippen LogP contribution < -0.4 is 5.32 Å². The Morgan fingerprint density at radius 1 is 1.13 bits per heavy atom. The lowest BCUT2D eigenvalue weighted by atomic mass is 9.92. The first-order chi connectivity index (χ1) is 14.2. The number of amides is 2. The topological polar surface area (TPSA) is 67.2 Å². The number of carbonyl (C=O) groups is 2. The summed E-state index contributed by atoms with van der Waals surface area (Å²) in [5.41, 5.74) is 1.21. The van der Waals surface area contributed by atoms with E-state index in [0.29, 0.717) is 24.5 Å². The Bertz CT molecular complexity index is 853. The highest BCUT2D eigenvalue weighted by molar-refractivity contribution is 5.94. The van der Waals surface area contributed by atoms with Crippen LogP contribution in [-0.2, 0) is 15.0 Å². The van der Waals surface area contributed by atoms with E-state index in [1.165, 1.54) is 12.1 Å². The third kappa shape index (κ3) is 6.40. The van der Waals surface area contributed by atoms with Crippen LogP contribution >= 0.6 is 0 Å². The largest absolute Gasteiger partial charge is 0.334 e. The summed E-state index contributed by atoms with van der Waals surface area (Å²) in [7, 11) is 0. The maximum atomic E-state index is 13.3. The van der Waals surface area contributed by atoms with Crippen molar-refractivity contribution in [1.82, 2.24) is 14.7 Å². The molecule has 0 spiro atoms. The van der Waals surface area contributed by atoms with Crippen LogP contribution in [0.3, 0.4) is 0 Å². The van der Waals surface area contributed by atoms with Gasteiger partial charge in [0.2, 0.25) is 11.8 Å². The number of nitrogens with one attached hydrogen (secondary N) is 1. The third-order valence-electron chi connectivity index (χ3n) is 4.88. The molecule has 6 nitrogen and oxygen atoms in total. The fraction of sp³-hybridized carbons (Fsp3) is 0.522. The summed E-state index contributed by atoms with van der Waals surface area (Å²) in [6.07, 6.45) is 3.33. The number of hydrogen-bond acceptors (Lipinski definition) is 3. The van der Waals surface area contributed by atoms with Crippen molar-refractivity contribution in [3.8, 4) is 5.69 Å². The van der Waals surface area contributed by atoms with E-state index in [0.717, 1.165) is 25.0 Å². The Hall–Kier alpha value is -2.70. The lowest BCUT2D eigenvalue weighted by molar-refractivity contribution is -0.134. The van der Waals surface area contributed by atoms with E-state index in [9.17, 15) is 14.0 Å². The molecule has 1 aromatic carbocycles. The molecule has 164 valence electrons. The first kappa shape index (κ1) is 23.6. The number of rotatable bonds is 9. The van der Waals surface area contributed by atoms with Crippen molar-refractivity contribution in [3.63, 3.8) is 0 Å². The molecule has 0 saturated heterocycles. The smallest absolute Gasteiger partial charge is 0.245 e. The van der Waals surface area contributed by atoms with Gasteiger partial charge in [0.25, 0.3) is 0 Å². The van der Waals surface area contributed by atoms with E-state index in [2.05, 4.69) is 17.3 Å². The quantitative estimate of drug-likeness (QED) is 0.604. The maximum Gasteiger partial charge on any atom is 0.245 e. The monoisotopic (exact) mass is 416 g/mol. The van der Waals surface area contributed by atoms with Gasteiger partial charge in [-0.15, -0.1) is 0 Å². The van der Waals surface area contributed by atoms with Crippen LogP contribution in [0.25, 0.3) is 5.69 Å². The van der Waals surface area contributed by atoms with E-state index < -0.39 is 0 Å². The van der Waals surface area contributed by atoms with Gasteiger partial charge in [-0.05, 0) is 37.6 Å². The molecule has 7 heteroatoms. The first-order valence-electron chi connectivity index (χ1n) is 10.6. The molecule has 0 fully saturated rings. The summed E-state index contributed by atoms with van der Waals surface area (Å²) < 4.78 is 14.9. The summed E-state index contributed by atoms with van der Waals surface area (Å²) in [6, 6.07) is 7.75. The molecule has 30 heavy (non-hydrogen) atoms. The Balaban J connectivity index is 2.19. The second-order valence-electron chi connectivity index (χ2n) is 8.47. The van der Waals surface area contributed by atoms with Crippen molar-refractivity contribution in [2.45, 2.75) is 65.7 Å². The molecule has 0 aliphatic rings. The molecule has 0 radical (unpaired) electrons. The number of nitrogens with zero attached hydrogens (tertiary/aromatic N) is 3. The van der Waals surface area contributed by atoms with Crippen molar-refractivity contribution < 1.29 is 14.0 Å². The number of aromatic nitrogens is 2. The van der Waals surface area contributed by atoms with Gasteiger partial charge in [-0.1, -0.05) is 40.5 Å². The van der Waals surface area contributed by atoms with Crippen molar-refractivity contribution in [3.05, 3.63) is 41.8 Å². The van der Waals surface area contributed by atoms with Gasteiger partial charge < -0.3 is 10.2 Å². The molecule has 1 heterocycles.